The van der Waals surface area contributed by atoms with E-state index in [9.17, 15) is 17.6 Å². The summed E-state index contributed by atoms with van der Waals surface area (Å²) in [5.41, 5.74) is 3.16. The SMILES string of the molecule is CC(C)c1ccc(F)cc1N1CSC1=NN=Cc1ccc(-c2ncn(-c3ccc(C(F)(F)F)cc3)n2)cc1. The van der Waals surface area contributed by atoms with Crippen molar-refractivity contribution in [3.63, 3.8) is 0 Å². The maximum Gasteiger partial charge on any atom is 0.416 e. The highest BCUT2D eigenvalue weighted by atomic mass is 32.2. The van der Waals surface area contributed by atoms with Crippen molar-refractivity contribution in [1.82, 2.24) is 14.8 Å². The number of hydrogen-bond donors (Lipinski definition) is 0. The Balaban J connectivity index is 1.26. The highest BCUT2D eigenvalue weighted by Gasteiger charge is 2.30. The summed E-state index contributed by atoms with van der Waals surface area (Å²) in [6.45, 7) is 4.13. The van der Waals surface area contributed by atoms with Crippen LogP contribution in [0.5, 0.6) is 0 Å². The van der Waals surface area contributed by atoms with Crippen LogP contribution in [0.2, 0.25) is 0 Å². The third-order valence-corrected chi connectivity index (χ3v) is 6.88. The lowest BCUT2D eigenvalue weighted by atomic mass is 10.0. The van der Waals surface area contributed by atoms with Crippen LogP contribution in [0.15, 0.2) is 83.3 Å². The Morgan fingerprint density at radius 3 is 2.37 bits per heavy atom. The molecule has 0 bridgehead atoms. The van der Waals surface area contributed by atoms with Crippen molar-refractivity contribution in [2.24, 2.45) is 10.2 Å². The molecule has 1 aliphatic heterocycles. The molecule has 0 unspecified atom stereocenters. The molecular formula is C27H22F4N6S. The molecule has 11 heteroatoms. The van der Waals surface area contributed by atoms with E-state index in [-0.39, 0.29) is 11.7 Å². The lowest BCUT2D eigenvalue weighted by Crippen LogP contribution is -2.39. The standard InChI is InChI=1S/C27H22F4N6S/c1-17(2)23-12-9-21(28)13-24(23)36-16-38-26(36)34-33-14-18-3-5-19(6-4-18)25-32-15-37(35-25)22-10-7-20(8-11-22)27(29,30)31/h3-15,17H,16H2,1-2H3. The van der Waals surface area contributed by atoms with E-state index in [1.807, 2.05) is 35.2 Å². The fourth-order valence-electron chi connectivity index (χ4n) is 3.87. The van der Waals surface area contributed by atoms with Gasteiger partial charge in [-0.05, 0) is 53.4 Å². The minimum absolute atomic E-state index is 0.246. The Morgan fingerprint density at radius 2 is 1.74 bits per heavy atom. The Kier molecular flexibility index (Phi) is 7.02. The zero-order valence-corrected chi connectivity index (χ0v) is 21.2. The number of anilines is 1. The average Bonchev–Trinajstić information content (AvgIpc) is 3.36. The maximum absolute atomic E-state index is 13.9. The van der Waals surface area contributed by atoms with E-state index >= 15 is 0 Å². The summed E-state index contributed by atoms with van der Waals surface area (Å²) in [4.78, 5) is 6.22. The average molecular weight is 539 g/mol. The minimum Gasteiger partial charge on any atom is -0.309 e. The first-order chi connectivity index (χ1) is 18.2. The van der Waals surface area contributed by atoms with E-state index in [0.717, 1.165) is 34.5 Å². The molecule has 1 fully saturated rings. The van der Waals surface area contributed by atoms with Crippen LogP contribution in [0, 0.1) is 5.82 Å². The van der Waals surface area contributed by atoms with Gasteiger partial charge in [0.25, 0.3) is 0 Å². The monoisotopic (exact) mass is 538 g/mol. The van der Waals surface area contributed by atoms with E-state index < -0.39 is 11.7 Å². The van der Waals surface area contributed by atoms with Gasteiger partial charge in [-0.25, -0.2) is 14.1 Å². The van der Waals surface area contributed by atoms with E-state index in [2.05, 4.69) is 34.1 Å². The molecule has 194 valence electrons. The normalized spacial score (nSPS) is 15.0. The molecule has 1 aromatic heterocycles. The molecule has 3 aromatic carbocycles. The third-order valence-electron chi connectivity index (χ3n) is 5.93. The number of rotatable bonds is 6. The van der Waals surface area contributed by atoms with E-state index in [1.165, 1.54) is 47.0 Å². The molecule has 1 aliphatic rings. The fourth-order valence-corrected chi connectivity index (χ4v) is 4.58. The second-order valence-corrected chi connectivity index (χ2v) is 9.78. The molecule has 0 N–H and O–H groups in total. The molecule has 0 amide bonds. The molecular weight excluding hydrogens is 516 g/mol. The Hall–Kier alpha value is -3.99. The number of thioether (sulfide) groups is 1. The van der Waals surface area contributed by atoms with Crippen LogP contribution in [-0.4, -0.2) is 32.0 Å². The molecule has 0 atom stereocenters. The molecule has 5 rings (SSSR count). The van der Waals surface area contributed by atoms with Gasteiger partial charge in [0.05, 0.1) is 29.0 Å². The van der Waals surface area contributed by atoms with E-state index in [0.29, 0.717) is 22.6 Å². The van der Waals surface area contributed by atoms with Crippen LogP contribution >= 0.6 is 11.8 Å². The van der Waals surface area contributed by atoms with Gasteiger partial charge in [-0.15, -0.1) is 10.2 Å². The molecule has 0 radical (unpaired) electrons. The third kappa shape index (κ3) is 5.47. The largest absolute Gasteiger partial charge is 0.416 e. The topological polar surface area (TPSA) is 58.7 Å². The number of halogens is 4. The van der Waals surface area contributed by atoms with E-state index in [4.69, 9.17) is 0 Å². The molecule has 0 saturated carbocycles. The van der Waals surface area contributed by atoms with Crippen LogP contribution in [0.3, 0.4) is 0 Å². The molecule has 0 spiro atoms. The number of alkyl halides is 3. The molecule has 6 nitrogen and oxygen atoms in total. The number of amidine groups is 1. The van der Waals surface area contributed by atoms with Crippen molar-refractivity contribution in [1.29, 1.82) is 0 Å². The first-order valence-electron chi connectivity index (χ1n) is 11.7. The summed E-state index contributed by atoms with van der Waals surface area (Å²) in [6, 6.07) is 16.9. The van der Waals surface area contributed by atoms with Gasteiger partial charge in [0, 0.05) is 5.56 Å². The van der Waals surface area contributed by atoms with Gasteiger partial charge in [-0.1, -0.05) is 55.9 Å². The van der Waals surface area contributed by atoms with Gasteiger partial charge in [0.1, 0.15) is 12.1 Å². The van der Waals surface area contributed by atoms with Crippen molar-refractivity contribution >= 4 is 28.8 Å². The Morgan fingerprint density at radius 1 is 1.00 bits per heavy atom. The predicted octanol–water partition coefficient (Wildman–Crippen LogP) is 7.12. The lowest BCUT2D eigenvalue weighted by molar-refractivity contribution is -0.137. The summed E-state index contributed by atoms with van der Waals surface area (Å²) in [6.07, 6.45) is -1.32. The first kappa shape index (κ1) is 25.7. The van der Waals surface area contributed by atoms with Gasteiger partial charge in [0.2, 0.25) is 0 Å². The zero-order valence-electron chi connectivity index (χ0n) is 20.4. The number of benzene rings is 3. The summed E-state index contributed by atoms with van der Waals surface area (Å²) in [5.74, 6) is 1.07. The van der Waals surface area contributed by atoms with Crippen LogP contribution in [0.1, 0.15) is 36.5 Å². The smallest absolute Gasteiger partial charge is 0.309 e. The van der Waals surface area contributed by atoms with Gasteiger partial charge in [0.15, 0.2) is 11.0 Å². The van der Waals surface area contributed by atoms with Crippen molar-refractivity contribution in [3.8, 4) is 17.1 Å². The molecule has 38 heavy (non-hydrogen) atoms. The number of aromatic nitrogens is 3. The van der Waals surface area contributed by atoms with E-state index in [1.54, 1.807) is 6.21 Å². The van der Waals surface area contributed by atoms with Crippen molar-refractivity contribution in [2.45, 2.75) is 25.9 Å². The lowest BCUT2D eigenvalue weighted by Gasteiger charge is -2.35. The number of hydrogen-bond acceptors (Lipinski definition) is 5. The van der Waals surface area contributed by atoms with Gasteiger partial charge in [-0.3, -0.25) is 0 Å². The van der Waals surface area contributed by atoms with Crippen molar-refractivity contribution in [2.75, 3.05) is 10.8 Å². The second kappa shape index (κ2) is 10.4. The minimum atomic E-state index is -4.39. The van der Waals surface area contributed by atoms with Crippen LogP contribution in [0.4, 0.5) is 23.2 Å². The highest BCUT2D eigenvalue weighted by molar-refractivity contribution is 8.16. The van der Waals surface area contributed by atoms with Gasteiger partial charge in [-0.2, -0.15) is 18.3 Å². The quantitative estimate of drug-likeness (QED) is 0.149. The van der Waals surface area contributed by atoms with Crippen molar-refractivity contribution < 1.29 is 17.6 Å². The molecule has 0 aliphatic carbocycles. The summed E-state index contributed by atoms with van der Waals surface area (Å²) in [5, 5.41) is 13.6. The molecule has 2 heterocycles. The number of nitrogens with zero attached hydrogens (tertiary/aromatic N) is 6. The summed E-state index contributed by atoms with van der Waals surface area (Å²) < 4.78 is 53.7. The maximum atomic E-state index is 13.9. The summed E-state index contributed by atoms with van der Waals surface area (Å²) >= 11 is 1.54. The fraction of sp³-hybridized carbons (Fsp3) is 0.185. The predicted molar refractivity (Wildman–Crippen MR) is 142 cm³/mol. The second-order valence-electron chi connectivity index (χ2n) is 8.87. The zero-order chi connectivity index (χ0) is 26.9. The van der Waals surface area contributed by atoms with Crippen LogP contribution in [-0.2, 0) is 6.18 Å². The van der Waals surface area contributed by atoms with Crippen LogP contribution in [0.25, 0.3) is 17.1 Å². The Bertz CT molecular complexity index is 1490. The summed E-state index contributed by atoms with van der Waals surface area (Å²) in [7, 11) is 0. The van der Waals surface area contributed by atoms with Crippen LogP contribution < -0.4 is 4.90 Å². The molecule has 4 aromatic rings. The Labute approximate surface area is 220 Å². The highest BCUT2D eigenvalue weighted by Crippen LogP contribution is 2.36. The molecule has 1 saturated heterocycles. The first-order valence-corrected chi connectivity index (χ1v) is 12.7. The van der Waals surface area contributed by atoms with Gasteiger partial charge < -0.3 is 4.90 Å². The van der Waals surface area contributed by atoms with Gasteiger partial charge >= 0.3 is 6.18 Å². The van der Waals surface area contributed by atoms with Crippen molar-refractivity contribution in [3.05, 3.63) is 95.6 Å².